The molecular weight excluding hydrogens is 284 g/mol. The number of hydrogen-bond acceptors (Lipinski definition) is 3. The van der Waals surface area contributed by atoms with Gasteiger partial charge >= 0.3 is 5.97 Å². The fourth-order valence-corrected chi connectivity index (χ4v) is 2.05. The van der Waals surface area contributed by atoms with E-state index in [4.69, 9.17) is 5.11 Å². The summed E-state index contributed by atoms with van der Waals surface area (Å²) in [6.45, 7) is 2.00. The maximum absolute atomic E-state index is 12.1. The number of carboxylic acid groups (broad SMARTS) is 1. The Labute approximate surface area is 126 Å². The van der Waals surface area contributed by atoms with Crippen molar-refractivity contribution >= 4 is 28.9 Å². The lowest BCUT2D eigenvalue weighted by molar-refractivity contribution is -0.118. The van der Waals surface area contributed by atoms with E-state index in [-0.39, 0.29) is 11.5 Å². The van der Waals surface area contributed by atoms with Gasteiger partial charge in [0.1, 0.15) is 5.56 Å². The number of aromatic amines is 1. The summed E-state index contributed by atoms with van der Waals surface area (Å²) >= 11 is 0. The van der Waals surface area contributed by atoms with Gasteiger partial charge < -0.3 is 15.4 Å². The van der Waals surface area contributed by atoms with Crippen LogP contribution < -0.4 is 10.7 Å². The number of aromatic carboxylic acids is 1. The number of benzene rings is 1. The van der Waals surface area contributed by atoms with Gasteiger partial charge in [0.15, 0.2) is 0 Å². The summed E-state index contributed by atoms with van der Waals surface area (Å²) in [5.41, 5.74) is 0.600. The maximum Gasteiger partial charge on any atom is 0.341 e. The largest absolute Gasteiger partial charge is 0.477 e. The predicted molar refractivity (Wildman–Crippen MR) is 83.9 cm³/mol. The van der Waals surface area contributed by atoms with Crippen molar-refractivity contribution in [2.75, 3.05) is 6.54 Å². The van der Waals surface area contributed by atoms with Crippen LogP contribution in [0.5, 0.6) is 0 Å². The average Bonchev–Trinajstić information content (AvgIpc) is 2.47. The second kappa shape index (κ2) is 6.71. The first kappa shape index (κ1) is 15.5. The molecule has 0 aliphatic carbocycles. The fourth-order valence-electron chi connectivity index (χ4n) is 2.05. The first-order chi connectivity index (χ1) is 10.5. The Balaban J connectivity index is 2.24. The molecule has 3 N–H and O–H groups in total. The minimum absolute atomic E-state index is 0.0770. The lowest BCUT2D eigenvalue weighted by Crippen LogP contribution is -2.20. The van der Waals surface area contributed by atoms with Crippen molar-refractivity contribution in [3.05, 3.63) is 51.8 Å². The predicted octanol–water partition coefficient (Wildman–Crippen LogP) is 1.77. The smallest absolute Gasteiger partial charge is 0.341 e. The number of aromatic nitrogens is 1. The molecule has 0 saturated carbocycles. The highest BCUT2D eigenvalue weighted by Crippen LogP contribution is 2.13. The summed E-state index contributed by atoms with van der Waals surface area (Å²) in [5.74, 6) is -1.33. The monoisotopic (exact) mass is 300 g/mol. The molecule has 0 saturated heterocycles. The van der Waals surface area contributed by atoms with E-state index < -0.39 is 11.4 Å². The van der Waals surface area contributed by atoms with Gasteiger partial charge in [0, 0.05) is 30.6 Å². The number of amides is 1. The SMILES string of the molecule is CC(=O)NCCC=Cc1ccc2[nH]cc(C(=O)O)c(=O)c2c1. The molecule has 1 aromatic carbocycles. The second-order valence-corrected chi connectivity index (χ2v) is 4.82. The van der Waals surface area contributed by atoms with E-state index in [1.54, 1.807) is 12.1 Å². The van der Waals surface area contributed by atoms with E-state index in [1.165, 1.54) is 13.1 Å². The summed E-state index contributed by atoms with van der Waals surface area (Å²) in [6, 6.07) is 5.21. The van der Waals surface area contributed by atoms with Crippen molar-refractivity contribution in [2.24, 2.45) is 0 Å². The molecule has 6 heteroatoms. The number of hydrogen-bond donors (Lipinski definition) is 3. The van der Waals surface area contributed by atoms with Gasteiger partial charge in [-0.3, -0.25) is 9.59 Å². The van der Waals surface area contributed by atoms with Crippen LogP contribution in [0, 0.1) is 0 Å². The van der Waals surface area contributed by atoms with Gasteiger partial charge in [-0.25, -0.2) is 4.79 Å². The van der Waals surface area contributed by atoms with Crippen molar-refractivity contribution in [3.8, 4) is 0 Å². The normalized spacial score (nSPS) is 11.0. The minimum Gasteiger partial charge on any atom is -0.477 e. The van der Waals surface area contributed by atoms with E-state index in [0.29, 0.717) is 23.9 Å². The van der Waals surface area contributed by atoms with E-state index in [1.807, 2.05) is 18.2 Å². The number of H-pyrrole nitrogens is 1. The van der Waals surface area contributed by atoms with Crippen LogP contribution in [0.3, 0.4) is 0 Å². The van der Waals surface area contributed by atoms with Crippen molar-refractivity contribution in [1.82, 2.24) is 10.3 Å². The second-order valence-electron chi connectivity index (χ2n) is 4.82. The van der Waals surface area contributed by atoms with Crippen LogP contribution in [0.1, 0.15) is 29.3 Å². The maximum atomic E-state index is 12.1. The van der Waals surface area contributed by atoms with Gasteiger partial charge in [-0.2, -0.15) is 0 Å². The molecule has 0 bridgehead atoms. The molecule has 2 aromatic rings. The van der Waals surface area contributed by atoms with Gasteiger partial charge in [0.05, 0.1) is 0 Å². The standard InChI is InChI=1S/C16H16N2O4/c1-10(19)17-7-3-2-4-11-5-6-14-12(8-11)15(20)13(9-18-14)16(21)22/h2,4-6,8-9H,3,7H2,1H3,(H,17,19)(H,18,20)(H,21,22). The Morgan fingerprint density at radius 1 is 1.36 bits per heavy atom. The van der Waals surface area contributed by atoms with Crippen LogP contribution in [0.25, 0.3) is 17.0 Å². The zero-order valence-corrected chi connectivity index (χ0v) is 12.1. The topological polar surface area (TPSA) is 99.3 Å². The zero-order chi connectivity index (χ0) is 16.1. The Kier molecular flexibility index (Phi) is 4.73. The molecule has 114 valence electrons. The van der Waals surface area contributed by atoms with E-state index in [0.717, 1.165) is 5.56 Å². The summed E-state index contributed by atoms with van der Waals surface area (Å²) in [6.07, 6.45) is 5.58. The highest BCUT2D eigenvalue weighted by molar-refractivity contribution is 5.92. The quantitative estimate of drug-likeness (QED) is 0.733. The number of carbonyl (C=O) groups is 2. The highest BCUT2D eigenvalue weighted by Gasteiger charge is 2.11. The van der Waals surface area contributed by atoms with Crippen LogP contribution in [0.15, 0.2) is 35.3 Å². The number of carbonyl (C=O) groups excluding carboxylic acids is 1. The zero-order valence-electron chi connectivity index (χ0n) is 12.1. The third-order valence-electron chi connectivity index (χ3n) is 3.13. The van der Waals surface area contributed by atoms with Gasteiger partial charge in [0.2, 0.25) is 11.3 Å². The highest BCUT2D eigenvalue weighted by atomic mass is 16.4. The minimum atomic E-state index is -1.25. The number of fused-ring (bicyclic) bond motifs is 1. The molecule has 0 spiro atoms. The van der Waals surface area contributed by atoms with Crippen molar-refractivity contribution < 1.29 is 14.7 Å². The van der Waals surface area contributed by atoms with Crippen LogP contribution >= 0.6 is 0 Å². The Morgan fingerprint density at radius 3 is 2.82 bits per heavy atom. The molecular formula is C16H16N2O4. The number of pyridine rings is 1. The summed E-state index contributed by atoms with van der Waals surface area (Å²) in [4.78, 5) is 36.6. The molecule has 0 unspecified atom stereocenters. The van der Waals surface area contributed by atoms with Crippen LogP contribution in [-0.2, 0) is 4.79 Å². The Bertz CT molecular complexity index is 805. The summed E-state index contributed by atoms with van der Waals surface area (Å²) in [5, 5.41) is 12.0. The fraction of sp³-hybridized carbons (Fsp3) is 0.188. The number of carboxylic acids is 1. The molecule has 0 aliphatic rings. The van der Waals surface area contributed by atoms with Gasteiger partial charge in [0.25, 0.3) is 0 Å². The molecule has 1 aromatic heterocycles. The van der Waals surface area contributed by atoms with Crippen LogP contribution in [-0.4, -0.2) is 28.5 Å². The Morgan fingerprint density at radius 2 is 2.14 bits per heavy atom. The van der Waals surface area contributed by atoms with Crippen molar-refractivity contribution in [1.29, 1.82) is 0 Å². The van der Waals surface area contributed by atoms with E-state index in [9.17, 15) is 14.4 Å². The molecule has 0 radical (unpaired) electrons. The molecule has 22 heavy (non-hydrogen) atoms. The first-order valence-electron chi connectivity index (χ1n) is 6.79. The third kappa shape index (κ3) is 3.60. The Hall–Kier alpha value is -2.89. The van der Waals surface area contributed by atoms with Crippen molar-refractivity contribution in [2.45, 2.75) is 13.3 Å². The first-order valence-corrected chi connectivity index (χ1v) is 6.79. The molecule has 0 fully saturated rings. The molecule has 6 nitrogen and oxygen atoms in total. The summed E-state index contributed by atoms with van der Waals surface area (Å²) in [7, 11) is 0. The molecule has 1 amide bonds. The van der Waals surface area contributed by atoms with Gasteiger partial charge in [-0.15, -0.1) is 0 Å². The average molecular weight is 300 g/mol. The molecule has 2 rings (SSSR count). The van der Waals surface area contributed by atoms with Crippen LogP contribution in [0.4, 0.5) is 0 Å². The lowest BCUT2D eigenvalue weighted by Gasteiger charge is -2.02. The molecule has 0 atom stereocenters. The lowest BCUT2D eigenvalue weighted by atomic mass is 10.1. The van der Waals surface area contributed by atoms with Crippen LogP contribution in [0.2, 0.25) is 0 Å². The number of rotatable bonds is 5. The third-order valence-corrected chi connectivity index (χ3v) is 3.13. The number of nitrogens with one attached hydrogen (secondary N) is 2. The van der Waals surface area contributed by atoms with E-state index in [2.05, 4.69) is 10.3 Å². The van der Waals surface area contributed by atoms with Gasteiger partial charge in [-0.05, 0) is 24.1 Å². The summed E-state index contributed by atoms with van der Waals surface area (Å²) < 4.78 is 0. The molecule has 0 aliphatic heterocycles. The van der Waals surface area contributed by atoms with Crippen molar-refractivity contribution in [3.63, 3.8) is 0 Å². The molecule has 1 heterocycles. The van der Waals surface area contributed by atoms with Gasteiger partial charge in [-0.1, -0.05) is 18.2 Å². The van der Waals surface area contributed by atoms with E-state index >= 15 is 0 Å².